The van der Waals surface area contributed by atoms with E-state index in [1.165, 1.54) is 6.92 Å². The summed E-state index contributed by atoms with van der Waals surface area (Å²) < 4.78 is 0. The number of benzene rings is 2. The Morgan fingerprint density at radius 3 is 2.12 bits per heavy atom. The molecule has 0 heterocycles. The van der Waals surface area contributed by atoms with Gasteiger partial charge in [-0.15, -0.1) is 0 Å². The minimum Gasteiger partial charge on any atom is -0.465 e. The Kier molecular flexibility index (Phi) is 6.14. The largest absolute Gasteiger partial charge is 0.465 e. The van der Waals surface area contributed by atoms with Gasteiger partial charge in [0.15, 0.2) is 0 Å². The van der Waals surface area contributed by atoms with Crippen LogP contribution in [0.4, 0.5) is 4.79 Å². The Morgan fingerprint density at radius 2 is 1.60 bits per heavy atom. The smallest absolute Gasteiger partial charge is 0.405 e. The van der Waals surface area contributed by atoms with Crippen molar-refractivity contribution in [2.45, 2.75) is 24.9 Å². The second kappa shape index (κ2) is 8.30. The molecule has 4 N–H and O–H groups in total. The number of carboxylic acid groups (broad SMARTS) is 1. The third-order valence-electron chi connectivity index (χ3n) is 3.97. The van der Waals surface area contributed by atoms with Gasteiger partial charge in [-0.2, -0.15) is 0 Å². The summed E-state index contributed by atoms with van der Waals surface area (Å²) in [5.41, 5.74) is 0.208. The number of carbonyl (C=O) groups excluding carboxylic acids is 1. The minimum absolute atomic E-state index is 0.193. The standard InChI is InChI=1S/C19H22N2O4/c1-19(21-18(24)25,12-14-8-4-2-5-9-14)17(23)20-16(13-22)15-10-6-3-7-11-15/h2-11,16,21-22H,12-13H2,1H3,(H,20,23)(H,24,25). The summed E-state index contributed by atoms with van der Waals surface area (Å²) in [4.78, 5) is 24.0. The third-order valence-corrected chi connectivity index (χ3v) is 3.97. The van der Waals surface area contributed by atoms with Crippen molar-refractivity contribution in [3.63, 3.8) is 0 Å². The number of nitrogens with one attached hydrogen (secondary N) is 2. The van der Waals surface area contributed by atoms with E-state index in [1.807, 2.05) is 48.5 Å². The first kappa shape index (κ1) is 18.5. The van der Waals surface area contributed by atoms with Crippen LogP contribution in [-0.4, -0.2) is 34.4 Å². The molecule has 0 aliphatic carbocycles. The van der Waals surface area contributed by atoms with Crippen LogP contribution in [0.2, 0.25) is 0 Å². The summed E-state index contributed by atoms with van der Waals surface area (Å²) in [6.07, 6.45) is -1.09. The van der Waals surface area contributed by atoms with Crippen LogP contribution in [0.15, 0.2) is 60.7 Å². The van der Waals surface area contributed by atoms with Crippen LogP contribution in [0, 0.1) is 0 Å². The van der Waals surface area contributed by atoms with Crippen molar-refractivity contribution in [3.05, 3.63) is 71.8 Å². The lowest BCUT2D eigenvalue weighted by atomic mass is 9.91. The average Bonchev–Trinajstić information content (AvgIpc) is 2.60. The number of hydrogen-bond acceptors (Lipinski definition) is 3. The summed E-state index contributed by atoms with van der Waals surface area (Å²) in [6, 6.07) is 17.6. The number of carbonyl (C=O) groups is 2. The van der Waals surface area contributed by atoms with Crippen LogP contribution in [0.1, 0.15) is 24.1 Å². The van der Waals surface area contributed by atoms with Gasteiger partial charge in [0.25, 0.3) is 0 Å². The molecular formula is C19H22N2O4. The fraction of sp³-hybridized carbons (Fsp3) is 0.263. The van der Waals surface area contributed by atoms with Gasteiger partial charge >= 0.3 is 6.09 Å². The monoisotopic (exact) mass is 342 g/mol. The molecule has 0 aliphatic rings. The quantitative estimate of drug-likeness (QED) is 0.619. The number of aliphatic hydroxyl groups is 1. The van der Waals surface area contributed by atoms with E-state index in [0.717, 1.165) is 11.1 Å². The highest BCUT2D eigenvalue weighted by molar-refractivity contribution is 5.89. The molecule has 0 radical (unpaired) electrons. The van der Waals surface area contributed by atoms with Gasteiger partial charge in [-0.1, -0.05) is 60.7 Å². The molecule has 0 saturated carbocycles. The van der Waals surface area contributed by atoms with Crippen LogP contribution in [0.5, 0.6) is 0 Å². The summed E-state index contributed by atoms with van der Waals surface area (Å²) in [7, 11) is 0. The molecule has 0 spiro atoms. The molecule has 0 aliphatic heterocycles. The molecule has 25 heavy (non-hydrogen) atoms. The van der Waals surface area contributed by atoms with E-state index in [2.05, 4.69) is 10.6 Å². The molecule has 2 amide bonds. The minimum atomic E-state index is -1.37. The first-order chi connectivity index (χ1) is 11.9. The van der Waals surface area contributed by atoms with Crippen LogP contribution in [0.3, 0.4) is 0 Å². The first-order valence-electron chi connectivity index (χ1n) is 7.96. The van der Waals surface area contributed by atoms with Crippen molar-refractivity contribution in [2.24, 2.45) is 0 Å². The molecule has 0 fully saturated rings. The van der Waals surface area contributed by atoms with E-state index in [1.54, 1.807) is 12.1 Å². The second-order valence-corrected chi connectivity index (χ2v) is 6.04. The summed E-state index contributed by atoms with van der Waals surface area (Å²) in [6.45, 7) is 1.24. The van der Waals surface area contributed by atoms with E-state index in [-0.39, 0.29) is 13.0 Å². The predicted octanol–water partition coefficient (Wildman–Crippen LogP) is 2.11. The lowest BCUT2D eigenvalue weighted by Gasteiger charge is -2.30. The van der Waals surface area contributed by atoms with Gasteiger partial charge in [0, 0.05) is 6.42 Å². The summed E-state index contributed by atoms with van der Waals surface area (Å²) >= 11 is 0. The van der Waals surface area contributed by atoms with E-state index < -0.39 is 23.6 Å². The predicted molar refractivity (Wildman–Crippen MR) is 94.1 cm³/mol. The van der Waals surface area contributed by atoms with Crippen molar-refractivity contribution in [2.75, 3.05) is 6.61 Å². The molecule has 2 unspecified atom stereocenters. The molecule has 2 aromatic carbocycles. The topological polar surface area (TPSA) is 98.7 Å². The molecule has 0 aromatic heterocycles. The van der Waals surface area contributed by atoms with Gasteiger partial charge in [-0.3, -0.25) is 4.79 Å². The molecule has 6 nitrogen and oxygen atoms in total. The third kappa shape index (κ3) is 5.06. The van der Waals surface area contributed by atoms with Crippen molar-refractivity contribution in [3.8, 4) is 0 Å². The molecule has 0 saturated heterocycles. The lowest BCUT2D eigenvalue weighted by molar-refractivity contribution is -0.128. The maximum absolute atomic E-state index is 12.8. The van der Waals surface area contributed by atoms with Crippen LogP contribution >= 0.6 is 0 Å². The Hall–Kier alpha value is -2.86. The zero-order valence-corrected chi connectivity index (χ0v) is 14.0. The van der Waals surface area contributed by atoms with Crippen LogP contribution < -0.4 is 10.6 Å². The Balaban J connectivity index is 2.21. The van der Waals surface area contributed by atoms with Crippen molar-refractivity contribution in [1.82, 2.24) is 10.6 Å². The van der Waals surface area contributed by atoms with Gasteiger partial charge in [-0.05, 0) is 18.1 Å². The van der Waals surface area contributed by atoms with Crippen molar-refractivity contribution in [1.29, 1.82) is 0 Å². The number of rotatable bonds is 7. The van der Waals surface area contributed by atoms with Crippen molar-refractivity contribution < 1.29 is 19.8 Å². The highest BCUT2D eigenvalue weighted by atomic mass is 16.4. The molecule has 2 atom stereocenters. The van der Waals surface area contributed by atoms with E-state index >= 15 is 0 Å². The normalized spacial score (nSPS) is 14.2. The van der Waals surface area contributed by atoms with Gasteiger partial charge in [0.1, 0.15) is 5.54 Å². The SMILES string of the molecule is CC(Cc1ccccc1)(NC(=O)O)C(=O)NC(CO)c1ccccc1. The highest BCUT2D eigenvalue weighted by Crippen LogP contribution is 2.17. The molecule has 2 aromatic rings. The van der Waals surface area contributed by atoms with Crippen LogP contribution in [-0.2, 0) is 11.2 Å². The lowest BCUT2D eigenvalue weighted by Crippen LogP contribution is -2.58. The maximum Gasteiger partial charge on any atom is 0.405 e. The fourth-order valence-electron chi connectivity index (χ4n) is 2.66. The van der Waals surface area contributed by atoms with Gasteiger partial charge in [-0.25, -0.2) is 4.79 Å². The molecule has 0 bridgehead atoms. The summed E-state index contributed by atoms with van der Waals surface area (Å²) in [5.74, 6) is -0.498. The van der Waals surface area contributed by atoms with E-state index in [9.17, 15) is 14.7 Å². The van der Waals surface area contributed by atoms with E-state index in [0.29, 0.717) is 0 Å². The molecular weight excluding hydrogens is 320 g/mol. The number of amides is 2. The highest BCUT2D eigenvalue weighted by Gasteiger charge is 2.36. The maximum atomic E-state index is 12.8. The molecule has 6 heteroatoms. The van der Waals surface area contributed by atoms with Gasteiger partial charge < -0.3 is 20.8 Å². The number of aliphatic hydroxyl groups excluding tert-OH is 1. The van der Waals surface area contributed by atoms with Gasteiger partial charge in [0.2, 0.25) is 5.91 Å². The molecule has 132 valence electrons. The first-order valence-corrected chi connectivity index (χ1v) is 7.96. The summed E-state index contributed by atoms with van der Waals surface area (Å²) in [5, 5.41) is 23.8. The second-order valence-electron chi connectivity index (χ2n) is 6.04. The zero-order valence-electron chi connectivity index (χ0n) is 14.0. The Bertz CT molecular complexity index is 706. The zero-order chi connectivity index (χ0) is 18.3. The number of hydrogen-bond donors (Lipinski definition) is 4. The Labute approximate surface area is 146 Å². The van der Waals surface area contributed by atoms with Crippen molar-refractivity contribution >= 4 is 12.0 Å². The average molecular weight is 342 g/mol. The molecule has 2 rings (SSSR count). The Morgan fingerprint density at radius 1 is 1.04 bits per heavy atom. The fourth-order valence-corrected chi connectivity index (χ4v) is 2.66. The van der Waals surface area contributed by atoms with Gasteiger partial charge in [0.05, 0.1) is 12.6 Å². The van der Waals surface area contributed by atoms with E-state index in [4.69, 9.17) is 5.11 Å². The van der Waals surface area contributed by atoms with Crippen LogP contribution in [0.25, 0.3) is 0 Å².